The van der Waals surface area contributed by atoms with Crippen LogP contribution in [0, 0.1) is 0 Å². The number of rotatable bonds is 4. The predicted octanol–water partition coefficient (Wildman–Crippen LogP) is 3.48. The zero-order valence-electron chi connectivity index (χ0n) is 7.51. The van der Waals surface area contributed by atoms with Crippen molar-refractivity contribution in [3.05, 3.63) is 35.6 Å². The third-order valence-electron chi connectivity index (χ3n) is 1.64. The number of halogens is 4. The maximum Gasteiger partial charge on any atom is 0.461 e. The molecule has 84 valence electrons. The Hall–Kier alpha value is -1.30. The molecule has 0 aromatic heterocycles. The third-order valence-corrected chi connectivity index (χ3v) is 1.64. The van der Waals surface area contributed by atoms with Crippen LogP contribution in [0.25, 0.3) is 5.73 Å². The summed E-state index contributed by atoms with van der Waals surface area (Å²) in [6.45, 7) is -0.00841. The minimum Gasteiger partial charge on any atom is -0.674 e. The maximum atomic E-state index is 12.4. The largest absolute Gasteiger partial charge is 0.674 e. The van der Waals surface area contributed by atoms with Gasteiger partial charge in [0.05, 0.1) is 0 Å². The number of alkyl halides is 4. The lowest BCUT2D eigenvalue weighted by Crippen LogP contribution is -2.33. The molecule has 0 aliphatic carbocycles. The molecule has 15 heavy (non-hydrogen) atoms. The Morgan fingerprint density at radius 1 is 1.20 bits per heavy atom. The molecule has 1 N–H and O–H groups in total. The van der Waals surface area contributed by atoms with Crippen LogP contribution in [0.1, 0.15) is 5.56 Å². The van der Waals surface area contributed by atoms with Gasteiger partial charge in [-0.05, 0) is 12.1 Å². The summed E-state index contributed by atoms with van der Waals surface area (Å²) in [5.41, 5.74) is 7.54. The summed E-state index contributed by atoms with van der Waals surface area (Å²) in [6.07, 6.45) is -8.35. The molecule has 0 bridgehead atoms. The summed E-state index contributed by atoms with van der Waals surface area (Å²) in [6, 6.07) is 4.98. The normalized spacial score (nSPS) is 11.9. The quantitative estimate of drug-likeness (QED) is 0.718. The van der Waals surface area contributed by atoms with Crippen molar-refractivity contribution in [2.24, 2.45) is 0 Å². The van der Waals surface area contributed by atoms with E-state index in [1.165, 1.54) is 12.1 Å². The van der Waals surface area contributed by atoms with E-state index in [2.05, 4.69) is 4.74 Å². The van der Waals surface area contributed by atoms with Crippen LogP contribution in [-0.4, -0.2) is 12.5 Å². The Morgan fingerprint density at radius 2 is 1.73 bits per heavy atom. The summed E-state index contributed by atoms with van der Waals surface area (Å²) >= 11 is 0. The van der Waals surface area contributed by atoms with Gasteiger partial charge in [-0.2, -0.15) is 17.6 Å². The van der Waals surface area contributed by atoms with Crippen LogP contribution in [0.2, 0.25) is 0 Å². The molecule has 1 aromatic rings. The highest BCUT2D eigenvalue weighted by Crippen LogP contribution is 2.27. The first-order valence-corrected chi connectivity index (χ1v) is 4.04. The van der Waals surface area contributed by atoms with E-state index in [9.17, 15) is 17.6 Å². The first kappa shape index (κ1) is 11.8. The van der Waals surface area contributed by atoms with Gasteiger partial charge in [-0.3, -0.25) is 0 Å². The summed E-state index contributed by atoms with van der Waals surface area (Å²) in [4.78, 5) is 0. The van der Waals surface area contributed by atoms with Gasteiger partial charge < -0.3 is 10.5 Å². The van der Waals surface area contributed by atoms with Gasteiger partial charge in [0.2, 0.25) is 0 Å². The topological polar surface area (TPSA) is 33.0 Å². The van der Waals surface area contributed by atoms with E-state index >= 15 is 0 Å². The molecule has 0 atom stereocenters. The minimum absolute atomic E-state index is 0.00841. The highest BCUT2D eigenvalue weighted by molar-refractivity contribution is 5.27. The lowest BCUT2D eigenvalue weighted by molar-refractivity contribution is -0.253. The fraction of sp³-hybridized carbons (Fsp3) is 0.333. The molecule has 0 aliphatic heterocycles. The molecule has 1 aromatic carbocycles. The van der Waals surface area contributed by atoms with E-state index in [0.29, 0.717) is 5.56 Å². The van der Waals surface area contributed by atoms with Crippen molar-refractivity contribution in [1.82, 2.24) is 0 Å². The average Bonchev–Trinajstić information content (AvgIpc) is 2.18. The van der Waals surface area contributed by atoms with Crippen LogP contribution < -0.4 is 4.74 Å². The molecule has 6 heteroatoms. The zero-order valence-corrected chi connectivity index (χ0v) is 7.51. The van der Waals surface area contributed by atoms with Gasteiger partial charge in [0.15, 0.2) is 0 Å². The number of hydrogen-bond acceptors (Lipinski definition) is 1. The Bertz CT molecular complexity index is 312. The Kier molecular flexibility index (Phi) is 3.52. The van der Waals surface area contributed by atoms with Gasteiger partial charge in [-0.25, -0.2) is 0 Å². The van der Waals surface area contributed by atoms with Crippen molar-refractivity contribution >= 4 is 0 Å². The van der Waals surface area contributed by atoms with Crippen LogP contribution in [0.15, 0.2) is 24.3 Å². The van der Waals surface area contributed by atoms with Crippen molar-refractivity contribution in [1.29, 1.82) is 0 Å². The molecule has 0 unspecified atom stereocenters. The molecular weight excluding hydrogens is 214 g/mol. The van der Waals surface area contributed by atoms with Crippen LogP contribution >= 0.6 is 0 Å². The summed E-state index contributed by atoms with van der Waals surface area (Å²) in [5.74, 6) is -0.350. The molecule has 1 rings (SSSR count). The van der Waals surface area contributed by atoms with Crippen molar-refractivity contribution in [3.8, 4) is 5.75 Å². The standard InChI is InChI=1S/C9H8F4NO/c10-8(11)9(12,13)15-7-3-1-6(5-14)2-4-7/h1-4,8,14H,5H2/q-1. The van der Waals surface area contributed by atoms with E-state index in [-0.39, 0.29) is 12.3 Å². The molecule has 0 spiro atoms. The molecule has 0 heterocycles. The predicted molar refractivity (Wildman–Crippen MR) is 46.0 cm³/mol. The lowest BCUT2D eigenvalue weighted by atomic mass is 10.2. The van der Waals surface area contributed by atoms with Crippen LogP contribution in [0.5, 0.6) is 5.75 Å². The summed E-state index contributed by atoms with van der Waals surface area (Å²) in [5, 5.41) is 0. The van der Waals surface area contributed by atoms with Crippen LogP contribution in [0.3, 0.4) is 0 Å². The van der Waals surface area contributed by atoms with Crippen LogP contribution in [0.4, 0.5) is 17.6 Å². The second kappa shape index (κ2) is 4.48. The molecule has 0 amide bonds. The minimum atomic E-state index is -4.48. The van der Waals surface area contributed by atoms with E-state index in [0.717, 1.165) is 12.1 Å². The summed E-state index contributed by atoms with van der Waals surface area (Å²) < 4.78 is 52.1. The number of benzene rings is 1. The van der Waals surface area contributed by atoms with Gasteiger partial charge in [0, 0.05) is 0 Å². The highest BCUT2D eigenvalue weighted by atomic mass is 19.3. The fourth-order valence-electron chi connectivity index (χ4n) is 0.877. The van der Waals surface area contributed by atoms with Crippen LogP contribution in [-0.2, 0) is 6.54 Å². The summed E-state index contributed by atoms with van der Waals surface area (Å²) in [7, 11) is 0. The first-order valence-electron chi connectivity index (χ1n) is 4.04. The first-order chi connectivity index (χ1) is 6.95. The van der Waals surface area contributed by atoms with Gasteiger partial charge in [-0.15, -0.1) is 6.54 Å². The van der Waals surface area contributed by atoms with Gasteiger partial charge in [-0.1, -0.05) is 17.7 Å². The smallest absolute Gasteiger partial charge is 0.461 e. The molecule has 2 nitrogen and oxygen atoms in total. The van der Waals surface area contributed by atoms with Gasteiger partial charge in [0.25, 0.3) is 0 Å². The maximum absolute atomic E-state index is 12.4. The molecule has 0 radical (unpaired) electrons. The Labute approximate surface area is 83.6 Å². The zero-order chi connectivity index (χ0) is 11.5. The number of nitrogens with one attached hydrogen (secondary N) is 1. The SMILES string of the molecule is [NH-]Cc1ccc(OC(F)(F)C(F)F)cc1. The number of ether oxygens (including phenoxy) is 1. The van der Waals surface area contributed by atoms with E-state index in [1.54, 1.807) is 0 Å². The fourth-order valence-corrected chi connectivity index (χ4v) is 0.877. The molecule has 0 fully saturated rings. The average molecular weight is 222 g/mol. The number of hydrogen-bond donors (Lipinski definition) is 0. The Balaban J connectivity index is 2.73. The van der Waals surface area contributed by atoms with Crippen molar-refractivity contribution in [2.75, 3.05) is 0 Å². The second-order valence-corrected chi connectivity index (χ2v) is 2.79. The van der Waals surface area contributed by atoms with Crippen molar-refractivity contribution in [2.45, 2.75) is 19.1 Å². The molecular formula is C9H8F4NO-. The van der Waals surface area contributed by atoms with E-state index in [4.69, 9.17) is 5.73 Å². The Morgan fingerprint density at radius 3 is 2.13 bits per heavy atom. The van der Waals surface area contributed by atoms with E-state index in [1.807, 2.05) is 0 Å². The lowest BCUT2D eigenvalue weighted by Gasteiger charge is -2.16. The van der Waals surface area contributed by atoms with Gasteiger partial charge in [0.1, 0.15) is 5.75 Å². The third kappa shape index (κ3) is 3.09. The monoisotopic (exact) mass is 222 g/mol. The molecule has 0 saturated carbocycles. The second-order valence-electron chi connectivity index (χ2n) is 2.79. The van der Waals surface area contributed by atoms with Crippen molar-refractivity contribution in [3.63, 3.8) is 0 Å². The van der Waals surface area contributed by atoms with Gasteiger partial charge >= 0.3 is 12.5 Å². The molecule has 0 aliphatic rings. The van der Waals surface area contributed by atoms with E-state index < -0.39 is 12.5 Å². The highest BCUT2D eigenvalue weighted by Gasteiger charge is 2.43. The van der Waals surface area contributed by atoms with Crippen molar-refractivity contribution < 1.29 is 22.3 Å². The molecule has 0 saturated heterocycles.